The van der Waals surface area contributed by atoms with Crippen LogP contribution in [0.3, 0.4) is 0 Å². The fraction of sp³-hybridized carbons (Fsp3) is 0.417. The molecule has 0 saturated carbocycles. The summed E-state index contributed by atoms with van der Waals surface area (Å²) >= 11 is 3.38. The van der Waals surface area contributed by atoms with Crippen molar-refractivity contribution in [3.63, 3.8) is 0 Å². The molecule has 0 spiro atoms. The predicted octanol–water partition coefficient (Wildman–Crippen LogP) is 1.42. The van der Waals surface area contributed by atoms with E-state index in [-0.39, 0.29) is 5.91 Å². The fourth-order valence-electron chi connectivity index (χ4n) is 1.65. The van der Waals surface area contributed by atoms with Gasteiger partial charge in [0.2, 0.25) is 5.91 Å². The van der Waals surface area contributed by atoms with Crippen molar-refractivity contribution >= 4 is 21.8 Å². The van der Waals surface area contributed by atoms with E-state index in [1.54, 1.807) is 0 Å². The molecule has 86 valence electrons. The Morgan fingerprint density at radius 3 is 2.56 bits per heavy atom. The van der Waals surface area contributed by atoms with Crippen molar-refractivity contribution in [2.75, 3.05) is 20.1 Å². The fourth-order valence-corrected chi connectivity index (χ4v) is 1.92. The zero-order valence-corrected chi connectivity index (χ0v) is 10.8. The molecule has 0 unspecified atom stereocenters. The number of nitrogens with zero attached hydrogens (tertiary/aromatic N) is 1. The first-order chi connectivity index (χ1) is 7.66. The highest BCUT2D eigenvalue weighted by molar-refractivity contribution is 9.10. The lowest BCUT2D eigenvalue weighted by atomic mass is 10.1. The molecule has 2 rings (SSSR count). The van der Waals surface area contributed by atoms with Crippen LogP contribution < -0.4 is 5.32 Å². The number of hydrogen-bond donors (Lipinski definition) is 1. The third-order valence-corrected chi connectivity index (χ3v) is 3.50. The van der Waals surface area contributed by atoms with Crippen molar-refractivity contribution in [3.8, 4) is 0 Å². The molecule has 1 aromatic rings. The zero-order chi connectivity index (χ0) is 11.5. The summed E-state index contributed by atoms with van der Waals surface area (Å²) < 4.78 is 1.04. The van der Waals surface area contributed by atoms with Crippen LogP contribution in [0.5, 0.6) is 0 Å². The third kappa shape index (κ3) is 2.62. The molecule has 3 nitrogen and oxygen atoms in total. The van der Waals surface area contributed by atoms with Crippen LogP contribution in [0.1, 0.15) is 5.56 Å². The van der Waals surface area contributed by atoms with E-state index >= 15 is 0 Å². The van der Waals surface area contributed by atoms with Crippen LogP contribution >= 0.6 is 15.9 Å². The lowest BCUT2D eigenvalue weighted by Gasteiger charge is -2.35. The van der Waals surface area contributed by atoms with E-state index in [1.807, 2.05) is 36.2 Å². The Morgan fingerprint density at radius 2 is 2.06 bits per heavy atom. The Balaban J connectivity index is 1.93. The van der Waals surface area contributed by atoms with Crippen molar-refractivity contribution < 1.29 is 4.79 Å². The van der Waals surface area contributed by atoms with Gasteiger partial charge in [-0.3, -0.25) is 4.79 Å². The van der Waals surface area contributed by atoms with Crippen molar-refractivity contribution in [2.24, 2.45) is 0 Å². The average Bonchev–Trinajstić information content (AvgIpc) is 2.19. The molecule has 4 heteroatoms. The minimum absolute atomic E-state index is 0.189. The minimum atomic E-state index is 0.189. The Labute approximate surface area is 104 Å². The number of halogens is 1. The molecule has 1 heterocycles. The highest BCUT2D eigenvalue weighted by Crippen LogP contribution is 2.12. The van der Waals surface area contributed by atoms with E-state index in [0.717, 1.165) is 23.1 Å². The predicted molar refractivity (Wildman–Crippen MR) is 67.3 cm³/mol. The third-order valence-electron chi connectivity index (χ3n) is 2.97. The molecular formula is C12H15BrN2O. The maximum Gasteiger partial charge on any atom is 0.227 e. The Kier molecular flexibility index (Phi) is 3.61. The van der Waals surface area contributed by atoms with Gasteiger partial charge in [0.25, 0.3) is 0 Å². The largest absolute Gasteiger partial charge is 0.340 e. The first kappa shape index (κ1) is 11.6. The van der Waals surface area contributed by atoms with E-state index < -0.39 is 0 Å². The van der Waals surface area contributed by atoms with Crippen LogP contribution in [0.15, 0.2) is 28.7 Å². The normalized spacial score (nSPS) is 15.6. The number of amides is 1. The van der Waals surface area contributed by atoms with Crippen LogP contribution in [0.2, 0.25) is 0 Å². The van der Waals surface area contributed by atoms with Gasteiger partial charge >= 0.3 is 0 Å². The summed E-state index contributed by atoms with van der Waals surface area (Å²) in [5, 5.41) is 3.17. The van der Waals surface area contributed by atoms with Crippen molar-refractivity contribution in [2.45, 2.75) is 12.5 Å². The molecule has 0 atom stereocenters. The van der Waals surface area contributed by atoms with Crippen LogP contribution in [-0.2, 0) is 11.2 Å². The molecule has 1 aromatic carbocycles. The second-order valence-corrected chi connectivity index (χ2v) is 5.04. The first-order valence-electron chi connectivity index (χ1n) is 5.37. The minimum Gasteiger partial charge on any atom is -0.340 e. The highest BCUT2D eigenvalue weighted by atomic mass is 79.9. The summed E-state index contributed by atoms with van der Waals surface area (Å²) in [6.45, 7) is 1.84. The number of rotatable bonds is 3. The van der Waals surface area contributed by atoms with E-state index in [0.29, 0.717) is 12.5 Å². The Hall–Kier alpha value is -0.870. The molecule has 1 amide bonds. The lowest BCUT2D eigenvalue weighted by molar-refractivity contribution is -0.132. The lowest BCUT2D eigenvalue weighted by Crippen LogP contribution is -2.57. The number of carbonyl (C=O) groups excluding carboxylic acids is 1. The quantitative estimate of drug-likeness (QED) is 0.910. The molecule has 1 aliphatic rings. The van der Waals surface area contributed by atoms with Gasteiger partial charge in [-0.15, -0.1) is 0 Å². The van der Waals surface area contributed by atoms with Crippen LogP contribution in [0, 0.1) is 0 Å². The molecule has 0 radical (unpaired) electrons. The van der Waals surface area contributed by atoms with Gasteiger partial charge in [-0.05, 0) is 17.7 Å². The second kappa shape index (κ2) is 4.97. The topological polar surface area (TPSA) is 32.3 Å². The van der Waals surface area contributed by atoms with Crippen molar-refractivity contribution in [3.05, 3.63) is 34.3 Å². The van der Waals surface area contributed by atoms with Gasteiger partial charge in [0.05, 0.1) is 12.5 Å². The molecule has 1 saturated heterocycles. The summed E-state index contributed by atoms with van der Waals surface area (Å²) in [6.07, 6.45) is 0.486. The molecule has 1 fully saturated rings. The molecule has 0 bridgehead atoms. The van der Waals surface area contributed by atoms with Gasteiger partial charge in [0.1, 0.15) is 0 Å². The van der Waals surface area contributed by atoms with Gasteiger partial charge in [-0.1, -0.05) is 28.1 Å². The maximum absolute atomic E-state index is 11.9. The van der Waals surface area contributed by atoms with Crippen LogP contribution in [0.4, 0.5) is 0 Å². The van der Waals surface area contributed by atoms with Crippen LogP contribution in [-0.4, -0.2) is 37.0 Å². The van der Waals surface area contributed by atoms with Crippen molar-refractivity contribution in [1.82, 2.24) is 10.2 Å². The monoisotopic (exact) mass is 282 g/mol. The summed E-state index contributed by atoms with van der Waals surface area (Å²) in [5.74, 6) is 0.189. The number of nitrogens with one attached hydrogen (secondary N) is 1. The van der Waals surface area contributed by atoms with Crippen LogP contribution in [0.25, 0.3) is 0 Å². The van der Waals surface area contributed by atoms with E-state index in [1.165, 1.54) is 0 Å². The second-order valence-electron chi connectivity index (χ2n) is 4.12. The van der Waals surface area contributed by atoms with E-state index in [2.05, 4.69) is 21.2 Å². The molecule has 16 heavy (non-hydrogen) atoms. The van der Waals surface area contributed by atoms with Crippen molar-refractivity contribution in [1.29, 1.82) is 0 Å². The molecule has 0 aromatic heterocycles. The highest BCUT2D eigenvalue weighted by Gasteiger charge is 2.24. The summed E-state index contributed by atoms with van der Waals surface area (Å²) in [6, 6.07) is 8.27. The SMILES string of the molecule is CN(C(=O)Cc1ccc(Br)cc1)C1CNC1. The smallest absolute Gasteiger partial charge is 0.227 e. The first-order valence-corrected chi connectivity index (χ1v) is 6.17. The molecule has 1 aliphatic heterocycles. The summed E-state index contributed by atoms with van der Waals surface area (Å²) in [7, 11) is 1.88. The zero-order valence-electron chi connectivity index (χ0n) is 9.24. The summed E-state index contributed by atoms with van der Waals surface area (Å²) in [4.78, 5) is 13.8. The number of likely N-dealkylation sites (N-methyl/N-ethyl adjacent to an activating group) is 1. The van der Waals surface area contributed by atoms with E-state index in [4.69, 9.17) is 0 Å². The average molecular weight is 283 g/mol. The standard InChI is InChI=1S/C12H15BrN2O/c1-15(11-7-14-8-11)12(16)6-9-2-4-10(13)5-3-9/h2-5,11,14H,6-8H2,1H3. The number of benzene rings is 1. The van der Waals surface area contributed by atoms with Gasteiger partial charge in [0.15, 0.2) is 0 Å². The number of carbonyl (C=O) groups is 1. The van der Waals surface area contributed by atoms with E-state index in [9.17, 15) is 4.79 Å². The van der Waals surface area contributed by atoms with Gasteiger partial charge < -0.3 is 10.2 Å². The van der Waals surface area contributed by atoms with Gasteiger partial charge in [-0.2, -0.15) is 0 Å². The number of hydrogen-bond acceptors (Lipinski definition) is 2. The Morgan fingerprint density at radius 1 is 1.44 bits per heavy atom. The maximum atomic E-state index is 11.9. The molecular weight excluding hydrogens is 268 g/mol. The molecule has 0 aliphatic carbocycles. The summed E-state index contributed by atoms with van der Waals surface area (Å²) in [5.41, 5.74) is 1.06. The van der Waals surface area contributed by atoms with Gasteiger partial charge in [0, 0.05) is 24.6 Å². The molecule has 1 N–H and O–H groups in total. The van der Waals surface area contributed by atoms with Gasteiger partial charge in [-0.25, -0.2) is 0 Å². The Bertz CT molecular complexity index is 373.